The molecule has 1 aliphatic rings. The summed E-state index contributed by atoms with van der Waals surface area (Å²) < 4.78 is 6.58. The Bertz CT molecular complexity index is 874. The van der Waals surface area contributed by atoms with Crippen LogP contribution in [-0.4, -0.2) is 78.8 Å². The van der Waals surface area contributed by atoms with Gasteiger partial charge >= 0.3 is 0 Å². The number of hydrogen-bond donors (Lipinski definition) is 1. The van der Waals surface area contributed by atoms with Crippen LogP contribution in [0.4, 0.5) is 5.69 Å². The molecule has 168 valence electrons. The van der Waals surface area contributed by atoms with Crippen molar-refractivity contribution in [1.82, 2.24) is 14.8 Å². The van der Waals surface area contributed by atoms with Crippen LogP contribution >= 0.6 is 0 Å². The lowest BCUT2D eigenvalue weighted by Crippen LogP contribution is -2.49. The first-order chi connectivity index (χ1) is 14.8. The molecule has 0 fully saturated rings. The number of aliphatic hydroxyl groups is 1. The van der Waals surface area contributed by atoms with Crippen LogP contribution < -0.4 is 9.64 Å². The molecule has 3 rings (SSSR count). The number of hydrogen-bond acceptors (Lipinski definition) is 6. The Labute approximate surface area is 185 Å². The number of ether oxygens (including phenoxy) is 1. The molecule has 1 aromatic carbocycles. The largest absolute Gasteiger partial charge is 0.486 e. The second-order valence-corrected chi connectivity index (χ2v) is 8.72. The van der Waals surface area contributed by atoms with Crippen molar-refractivity contribution in [2.75, 3.05) is 45.7 Å². The highest BCUT2D eigenvalue weighted by atomic mass is 16.5. The summed E-state index contributed by atoms with van der Waals surface area (Å²) in [5, 5.41) is 9.77. The Morgan fingerprint density at radius 1 is 1.23 bits per heavy atom. The molecule has 3 atom stereocenters. The number of carbonyl (C=O) groups is 1. The zero-order valence-electron chi connectivity index (χ0n) is 19.2. The van der Waals surface area contributed by atoms with Crippen LogP contribution in [0.5, 0.6) is 5.75 Å². The van der Waals surface area contributed by atoms with E-state index in [9.17, 15) is 9.90 Å². The Kier molecular flexibility index (Phi) is 7.51. The van der Waals surface area contributed by atoms with Gasteiger partial charge in [0.25, 0.3) is 5.91 Å². The quantitative estimate of drug-likeness (QED) is 0.734. The minimum Gasteiger partial charge on any atom is -0.486 e. The van der Waals surface area contributed by atoms with Crippen molar-refractivity contribution in [2.24, 2.45) is 5.92 Å². The summed E-state index contributed by atoms with van der Waals surface area (Å²) in [5.74, 6) is 0.596. The highest BCUT2D eigenvalue weighted by molar-refractivity contribution is 5.99. The fourth-order valence-electron chi connectivity index (χ4n) is 3.97. The van der Waals surface area contributed by atoms with E-state index in [-0.39, 0.29) is 30.6 Å². The van der Waals surface area contributed by atoms with Crippen molar-refractivity contribution in [3.63, 3.8) is 0 Å². The van der Waals surface area contributed by atoms with Gasteiger partial charge in [-0.25, -0.2) is 0 Å². The molecule has 0 spiro atoms. The van der Waals surface area contributed by atoms with Gasteiger partial charge in [0.05, 0.1) is 23.9 Å². The maximum Gasteiger partial charge on any atom is 0.258 e. The molecule has 0 radical (unpaired) electrons. The Hall–Kier alpha value is -2.64. The third-order valence-corrected chi connectivity index (χ3v) is 5.85. The molecule has 3 unspecified atom stereocenters. The van der Waals surface area contributed by atoms with Gasteiger partial charge in [-0.1, -0.05) is 13.0 Å². The molecule has 0 aliphatic carbocycles. The van der Waals surface area contributed by atoms with Crippen LogP contribution in [-0.2, 0) is 6.54 Å². The van der Waals surface area contributed by atoms with E-state index in [0.717, 1.165) is 12.2 Å². The number of aliphatic hydroxyl groups excluding tert-OH is 1. The van der Waals surface area contributed by atoms with E-state index in [0.29, 0.717) is 24.4 Å². The van der Waals surface area contributed by atoms with E-state index in [4.69, 9.17) is 4.74 Å². The molecule has 0 saturated carbocycles. The van der Waals surface area contributed by atoms with Crippen LogP contribution in [0.15, 0.2) is 42.7 Å². The summed E-state index contributed by atoms with van der Waals surface area (Å²) in [6.07, 6.45) is 3.49. The van der Waals surface area contributed by atoms with Crippen LogP contribution in [0.3, 0.4) is 0 Å². The zero-order valence-corrected chi connectivity index (χ0v) is 19.2. The third kappa shape index (κ3) is 5.35. The van der Waals surface area contributed by atoms with Gasteiger partial charge in [0, 0.05) is 52.0 Å². The Morgan fingerprint density at radius 3 is 2.58 bits per heavy atom. The first-order valence-corrected chi connectivity index (χ1v) is 10.8. The van der Waals surface area contributed by atoms with Crippen molar-refractivity contribution in [3.8, 4) is 5.75 Å². The maximum absolute atomic E-state index is 13.4. The Balaban J connectivity index is 1.94. The minimum atomic E-state index is -0.265. The van der Waals surface area contributed by atoms with Gasteiger partial charge in [-0.05, 0) is 43.8 Å². The number of fused-ring (bicyclic) bond motifs is 1. The number of amides is 1. The van der Waals surface area contributed by atoms with Crippen LogP contribution in [0.25, 0.3) is 0 Å². The molecule has 0 saturated heterocycles. The molecule has 1 aromatic heterocycles. The predicted octanol–water partition coefficient (Wildman–Crippen LogP) is 2.50. The van der Waals surface area contributed by atoms with Gasteiger partial charge in [0.15, 0.2) is 5.75 Å². The smallest absolute Gasteiger partial charge is 0.258 e. The van der Waals surface area contributed by atoms with Gasteiger partial charge < -0.3 is 19.6 Å². The summed E-state index contributed by atoms with van der Waals surface area (Å²) in [4.78, 5) is 23.5. The first-order valence-electron chi connectivity index (χ1n) is 10.8. The van der Waals surface area contributed by atoms with Crippen molar-refractivity contribution in [1.29, 1.82) is 0 Å². The van der Waals surface area contributed by atoms with Crippen molar-refractivity contribution in [2.45, 2.75) is 32.5 Å². The summed E-state index contributed by atoms with van der Waals surface area (Å²) >= 11 is 0. The average molecular weight is 427 g/mol. The van der Waals surface area contributed by atoms with E-state index >= 15 is 0 Å². The molecular weight excluding hydrogens is 392 g/mol. The number of aromatic nitrogens is 1. The van der Waals surface area contributed by atoms with Gasteiger partial charge in [-0.15, -0.1) is 0 Å². The lowest BCUT2D eigenvalue weighted by atomic mass is 9.98. The molecule has 31 heavy (non-hydrogen) atoms. The summed E-state index contributed by atoms with van der Waals surface area (Å²) in [6.45, 7) is 5.94. The first kappa shape index (κ1) is 23.0. The van der Waals surface area contributed by atoms with Crippen LogP contribution in [0, 0.1) is 5.92 Å². The second-order valence-electron chi connectivity index (χ2n) is 8.72. The monoisotopic (exact) mass is 426 g/mol. The number of pyridine rings is 1. The maximum atomic E-state index is 13.4. The molecule has 7 nitrogen and oxygen atoms in total. The molecule has 1 aliphatic heterocycles. The number of para-hydroxylation sites is 1. The molecular formula is C24H34N4O3. The number of rotatable bonds is 7. The van der Waals surface area contributed by atoms with Crippen LogP contribution in [0.2, 0.25) is 0 Å². The van der Waals surface area contributed by atoms with Crippen molar-refractivity contribution < 1.29 is 14.6 Å². The lowest BCUT2D eigenvalue weighted by molar-refractivity contribution is 0.0343. The summed E-state index contributed by atoms with van der Waals surface area (Å²) in [7, 11) is 5.97. The number of anilines is 1. The topological polar surface area (TPSA) is 69.1 Å². The molecule has 1 N–H and O–H groups in total. The van der Waals surface area contributed by atoms with Crippen LogP contribution in [0.1, 0.15) is 29.8 Å². The van der Waals surface area contributed by atoms with Gasteiger partial charge in [-0.2, -0.15) is 0 Å². The van der Waals surface area contributed by atoms with Crippen molar-refractivity contribution in [3.05, 3.63) is 53.9 Å². The van der Waals surface area contributed by atoms with Crippen molar-refractivity contribution >= 4 is 11.6 Å². The van der Waals surface area contributed by atoms with E-state index in [1.54, 1.807) is 17.3 Å². The molecule has 7 heteroatoms. The predicted molar refractivity (Wildman–Crippen MR) is 123 cm³/mol. The number of benzene rings is 1. The minimum absolute atomic E-state index is 0.0748. The summed E-state index contributed by atoms with van der Waals surface area (Å²) in [6, 6.07) is 9.43. The number of carbonyl (C=O) groups excluding carboxylic acids is 1. The van der Waals surface area contributed by atoms with E-state index < -0.39 is 0 Å². The Morgan fingerprint density at radius 2 is 1.94 bits per heavy atom. The molecule has 2 aromatic rings. The normalized spacial score (nSPS) is 20.0. The van der Waals surface area contributed by atoms with Gasteiger partial charge in [0.1, 0.15) is 6.10 Å². The highest BCUT2D eigenvalue weighted by Crippen LogP contribution is 2.36. The SMILES string of the molecule is CC1CN(C(C)CO)C(=O)c2cccc(N(C)C)c2OC1CN(C)Cc1ccncc1. The van der Waals surface area contributed by atoms with E-state index in [1.165, 1.54) is 5.56 Å². The third-order valence-electron chi connectivity index (χ3n) is 5.85. The second kappa shape index (κ2) is 10.1. The van der Waals surface area contributed by atoms with E-state index in [1.807, 2.05) is 56.3 Å². The number of likely N-dealkylation sites (N-methyl/N-ethyl adjacent to an activating group) is 1. The lowest BCUT2D eigenvalue weighted by Gasteiger charge is -2.39. The standard InChI is InChI=1S/C24H34N4O3/c1-17-13-28(18(2)16-29)24(30)20-7-6-8-21(26(3)4)23(20)31-22(17)15-27(5)14-19-9-11-25-12-10-19/h6-12,17-18,22,29H,13-16H2,1-5H3. The fraction of sp³-hybridized carbons (Fsp3) is 0.500. The van der Waals surface area contributed by atoms with E-state index in [2.05, 4.69) is 23.9 Å². The fourth-order valence-corrected chi connectivity index (χ4v) is 3.97. The van der Waals surface area contributed by atoms with Gasteiger partial charge in [0.2, 0.25) is 0 Å². The zero-order chi connectivity index (χ0) is 22.5. The molecule has 1 amide bonds. The number of nitrogens with zero attached hydrogens (tertiary/aromatic N) is 4. The molecule has 2 heterocycles. The highest BCUT2D eigenvalue weighted by Gasteiger charge is 2.34. The summed E-state index contributed by atoms with van der Waals surface area (Å²) in [5.41, 5.74) is 2.61. The van der Waals surface area contributed by atoms with Gasteiger partial charge in [-0.3, -0.25) is 14.7 Å². The molecule has 0 bridgehead atoms. The average Bonchev–Trinajstić information content (AvgIpc) is 2.75.